The SMILES string of the molecule is COc1ccc(C(CO)N(C)CC(=O)N2CCC(C)CC2)cc1. The fraction of sp³-hybridized carbons (Fsp3) is 0.611. The van der Waals surface area contributed by atoms with E-state index in [1.807, 2.05) is 41.1 Å². The maximum atomic E-state index is 12.4. The van der Waals surface area contributed by atoms with Crippen molar-refractivity contribution in [1.82, 2.24) is 9.80 Å². The van der Waals surface area contributed by atoms with Gasteiger partial charge in [0.15, 0.2) is 0 Å². The summed E-state index contributed by atoms with van der Waals surface area (Å²) in [5, 5.41) is 9.74. The maximum absolute atomic E-state index is 12.4. The summed E-state index contributed by atoms with van der Waals surface area (Å²) in [4.78, 5) is 16.3. The number of ether oxygens (including phenoxy) is 1. The molecule has 1 atom stereocenters. The van der Waals surface area contributed by atoms with E-state index in [0.29, 0.717) is 12.5 Å². The van der Waals surface area contributed by atoms with Crippen LogP contribution in [0.5, 0.6) is 5.75 Å². The minimum Gasteiger partial charge on any atom is -0.497 e. The molecule has 1 N–H and O–H groups in total. The van der Waals surface area contributed by atoms with Gasteiger partial charge in [0.1, 0.15) is 5.75 Å². The normalized spacial score (nSPS) is 17.3. The molecule has 0 bridgehead atoms. The largest absolute Gasteiger partial charge is 0.497 e. The lowest BCUT2D eigenvalue weighted by atomic mass is 9.99. The average Bonchev–Trinajstić information content (AvgIpc) is 2.56. The number of rotatable bonds is 6. The summed E-state index contributed by atoms with van der Waals surface area (Å²) in [7, 11) is 3.51. The molecule has 1 unspecified atom stereocenters. The number of carbonyl (C=O) groups excluding carboxylic acids is 1. The van der Waals surface area contributed by atoms with Gasteiger partial charge in [0.05, 0.1) is 26.3 Å². The lowest BCUT2D eigenvalue weighted by Crippen LogP contribution is -2.44. The van der Waals surface area contributed by atoms with Gasteiger partial charge in [-0.3, -0.25) is 9.69 Å². The Morgan fingerprint density at radius 2 is 1.96 bits per heavy atom. The smallest absolute Gasteiger partial charge is 0.236 e. The highest BCUT2D eigenvalue weighted by Crippen LogP contribution is 2.22. The van der Waals surface area contributed by atoms with Gasteiger partial charge in [-0.05, 0) is 43.5 Å². The van der Waals surface area contributed by atoms with Crippen LogP contribution in [-0.2, 0) is 4.79 Å². The van der Waals surface area contributed by atoms with E-state index in [1.165, 1.54) is 0 Å². The number of likely N-dealkylation sites (tertiary alicyclic amines) is 1. The first-order chi connectivity index (χ1) is 11.0. The minimum atomic E-state index is -0.187. The predicted octanol–water partition coefficient (Wildman–Crippen LogP) is 1.92. The van der Waals surface area contributed by atoms with E-state index >= 15 is 0 Å². The Kier molecular flexibility index (Phi) is 6.42. The van der Waals surface area contributed by atoms with Gasteiger partial charge < -0.3 is 14.7 Å². The van der Waals surface area contributed by atoms with E-state index in [9.17, 15) is 9.90 Å². The lowest BCUT2D eigenvalue weighted by molar-refractivity contribution is -0.134. The fourth-order valence-electron chi connectivity index (χ4n) is 3.01. The number of hydrogen-bond acceptors (Lipinski definition) is 4. The van der Waals surface area contributed by atoms with E-state index < -0.39 is 0 Å². The zero-order valence-corrected chi connectivity index (χ0v) is 14.4. The van der Waals surface area contributed by atoms with Crippen LogP contribution < -0.4 is 4.74 Å². The minimum absolute atomic E-state index is 0.0207. The molecular formula is C18H28N2O3. The van der Waals surface area contributed by atoms with E-state index in [4.69, 9.17) is 4.74 Å². The molecule has 0 aliphatic carbocycles. The van der Waals surface area contributed by atoms with Gasteiger partial charge >= 0.3 is 0 Å². The van der Waals surface area contributed by atoms with E-state index in [-0.39, 0.29) is 18.6 Å². The maximum Gasteiger partial charge on any atom is 0.236 e. The van der Waals surface area contributed by atoms with Crippen molar-refractivity contribution in [2.75, 3.05) is 40.4 Å². The third-order valence-corrected chi connectivity index (χ3v) is 4.73. The van der Waals surface area contributed by atoms with Crippen LogP contribution in [0.2, 0.25) is 0 Å². The van der Waals surface area contributed by atoms with Gasteiger partial charge in [-0.1, -0.05) is 19.1 Å². The van der Waals surface area contributed by atoms with Crippen LogP contribution in [0.15, 0.2) is 24.3 Å². The van der Waals surface area contributed by atoms with Crippen LogP contribution in [0.4, 0.5) is 0 Å². The van der Waals surface area contributed by atoms with E-state index in [0.717, 1.165) is 37.2 Å². The molecule has 1 saturated heterocycles. The molecule has 0 saturated carbocycles. The van der Waals surface area contributed by atoms with Crippen LogP contribution in [-0.4, -0.2) is 61.2 Å². The highest BCUT2D eigenvalue weighted by molar-refractivity contribution is 5.78. The molecule has 1 aliphatic rings. The second-order valence-corrected chi connectivity index (χ2v) is 6.45. The average molecular weight is 320 g/mol. The number of nitrogens with zero attached hydrogens (tertiary/aromatic N) is 2. The number of benzene rings is 1. The topological polar surface area (TPSA) is 53.0 Å². The van der Waals surface area contributed by atoms with Crippen molar-refractivity contribution >= 4 is 5.91 Å². The van der Waals surface area contributed by atoms with Gasteiger partial charge in [-0.2, -0.15) is 0 Å². The van der Waals surface area contributed by atoms with Crippen LogP contribution in [0, 0.1) is 5.92 Å². The number of aliphatic hydroxyl groups is 1. The Balaban J connectivity index is 1.96. The van der Waals surface area contributed by atoms with Gasteiger partial charge in [-0.15, -0.1) is 0 Å². The summed E-state index contributed by atoms with van der Waals surface area (Å²) in [6, 6.07) is 7.43. The van der Waals surface area contributed by atoms with E-state index in [1.54, 1.807) is 7.11 Å². The molecule has 5 heteroatoms. The van der Waals surface area contributed by atoms with Gasteiger partial charge in [-0.25, -0.2) is 0 Å². The molecule has 1 fully saturated rings. The number of methoxy groups -OCH3 is 1. The standard InChI is InChI=1S/C18H28N2O3/c1-14-8-10-20(11-9-14)18(22)12-19(2)17(13-21)15-4-6-16(23-3)7-5-15/h4-7,14,17,21H,8-13H2,1-3H3. The number of amides is 1. The molecule has 2 rings (SSSR count). The summed E-state index contributed by atoms with van der Waals surface area (Å²) < 4.78 is 5.16. The summed E-state index contributed by atoms with van der Waals surface area (Å²) in [5.74, 6) is 1.64. The number of likely N-dealkylation sites (N-methyl/N-ethyl adjacent to an activating group) is 1. The molecule has 128 valence electrons. The van der Waals surface area contributed by atoms with Crippen molar-refractivity contribution in [3.8, 4) is 5.75 Å². The molecule has 0 spiro atoms. The van der Waals surface area contributed by atoms with Crippen LogP contribution >= 0.6 is 0 Å². The monoisotopic (exact) mass is 320 g/mol. The molecule has 1 aliphatic heterocycles. The number of hydrogen-bond donors (Lipinski definition) is 1. The van der Waals surface area contributed by atoms with Crippen molar-refractivity contribution in [1.29, 1.82) is 0 Å². The van der Waals surface area contributed by atoms with E-state index in [2.05, 4.69) is 6.92 Å². The van der Waals surface area contributed by atoms with Crippen LogP contribution in [0.3, 0.4) is 0 Å². The Bertz CT molecular complexity index is 495. The first-order valence-corrected chi connectivity index (χ1v) is 8.28. The first-order valence-electron chi connectivity index (χ1n) is 8.28. The molecular weight excluding hydrogens is 292 g/mol. The molecule has 23 heavy (non-hydrogen) atoms. The summed E-state index contributed by atoms with van der Waals surface area (Å²) in [5.41, 5.74) is 0.982. The lowest BCUT2D eigenvalue weighted by Gasteiger charge is -2.33. The Morgan fingerprint density at radius 1 is 1.35 bits per heavy atom. The number of piperidine rings is 1. The van der Waals surface area contributed by atoms with Gasteiger partial charge in [0.25, 0.3) is 0 Å². The molecule has 1 amide bonds. The van der Waals surface area contributed by atoms with Crippen molar-refractivity contribution < 1.29 is 14.6 Å². The van der Waals surface area contributed by atoms with Crippen molar-refractivity contribution in [2.24, 2.45) is 5.92 Å². The summed E-state index contributed by atoms with van der Waals surface area (Å²) in [6.45, 7) is 4.23. The van der Waals surface area contributed by atoms with Gasteiger partial charge in [0, 0.05) is 13.1 Å². The van der Waals surface area contributed by atoms with Crippen molar-refractivity contribution in [3.05, 3.63) is 29.8 Å². The second-order valence-electron chi connectivity index (χ2n) is 6.45. The first kappa shape index (κ1) is 17.8. The fourth-order valence-corrected chi connectivity index (χ4v) is 3.01. The Hall–Kier alpha value is -1.59. The summed E-state index contributed by atoms with van der Waals surface area (Å²) in [6.07, 6.45) is 2.16. The number of aliphatic hydroxyl groups excluding tert-OH is 1. The molecule has 5 nitrogen and oxygen atoms in total. The predicted molar refractivity (Wildman–Crippen MR) is 90.4 cm³/mol. The van der Waals surface area contributed by atoms with Gasteiger partial charge in [0.2, 0.25) is 5.91 Å². The molecule has 0 radical (unpaired) electrons. The third-order valence-electron chi connectivity index (χ3n) is 4.73. The Morgan fingerprint density at radius 3 is 2.48 bits per heavy atom. The highest BCUT2D eigenvalue weighted by Gasteiger charge is 2.24. The number of carbonyl (C=O) groups is 1. The molecule has 1 aromatic rings. The molecule has 1 heterocycles. The highest BCUT2D eigenvalue weighted by atomic mass is 16.5. The van der Waals surface area contributed by atoms with Crippen LogP contribution in [0.25, 0.3) is 0 Å². The Labute approximate surface area is 138 Å². The molecule has 1 aromatic carbocycles. The van der Waals surface area contributed by atoms with Crippen molar-refractivity contribution in [3.63, 3.8) is 0 Å². The zero-order valence-electron chi connectivity index (χ0n) is 14.4. The second kappa shape index (κ2) is 8.31. The molecule has 0 aromatic heterocycles. The third kappa shape index (κ3) is 4.69. The summed E-state index contributed by atoms with van der Waals surface area (Å²) >= 11 is 0. The van der Waals surface area contributed by atoms with Crippen LogP contribution in [0.1, 0.15) is 31.4 Å². The zero-order chi connectivity index (χ0) is 16.8. The quantitative estimate of drug-likeness (QED) is 0.870. The van der Waals surface area contributed by atoms with Crippen molar-refractivity contribution in [2.45, 2.75) is 25.8 Å².